The maximum atomic E-state index is 3.73. The maximum absolute atomic E-state index is 3.73. The van der Waals surface area contributed by atoms with Crippen LogP contribution in [-0.4, -0.2) is 11.5 Å². The van der Waals surface area contributed by atoms with Gasteiger partial charge in [0.05, 0.1) is 0 Å². The molecule has 1 aliphatic heterocycles. The van der Waals surface area contributed by atoms with Gasteiger partial charge in [0.25, 0.3) is 0 Å². The summed E-state index contributed by atoms with van der Waals surface area (Å²) in [5, 5.41) is 5.17. The summed E-state index contributed by atoms with van der Waals surface area (Å²) in [7, 11) is 0. The first-order valence-corrected chi connectivity index (χ1v) is 10.2. The molecule has 2 heteroatoms. The molecule has 0 fully saturated rings. The fraction of sp³-hybridized carbons (Fsp3) is 0.636. The van der Waals surface area contributed by atoms with Crippen LogP contribution in [0.5, 0.6) is 0 Å². The quantitative estimate of drug-likeness (QED) is 0.494. The molecule has 0 amide bonds. The third kappa shape index (κ3) is 4.42. The molecular weight excluding hydrogens is 292 g/mol. The molecule has 0 bridgehead atoms. The Bertz CT molecular complexity index is 613. The number of nitrogens with one attached hydrogen (secondary N) is 2. The third-order valence-electron chi connectivity index (χ3n) is 5.56. The molecule has 1 aromatic heterocycles. The number of hydrogen-bond donors (Lipinski definition) is 2. The zero-order valence-corrected chi connectivity index (χ0v) is 15.4. The summed E-state index contributed by atoms with van der Waals surface area (Å²) in [5.41, 5.74) is 4.33. The molecule has 24 heavy (non-hydrogen) atoms. The van der Waals surface area contributed by atoms with Crippen molar-refractivity contribution in [2.24, 2.45) is 0 Å². The lowest BCUT2D eigenvalue weighted by Gasteiger charge is -2.24. The normalized spacial score (nSPS) is 17.3. The van der Waals surface area contributed by atoms with Gasteiger partial charge < -0.3 is 10.3 Å². The molecular formula is C22H34N2. The zero-order valence-electron chi connectivity index (χ0n) is 15.4. The molecule has 1 atom stereocenters. The van der Waals surface area contributed by atoms with E-state index in [4.69, 9.17) is 0 Å². The van der Waals surface area contributed by atoms with Crippen molar-refractivity contribution in [3.63, 3.8) is 0 Å². The Hall–Kier alpha value is -1.28. The van der Waals surface area contributed by atoms with Crippen LogP contribution in [0.3, 0.4) is 0 Å². The highest BCUT2D eigenvalue weighted by Gasteiger charge is 2.22. The molecule has 1 aromatic carbocycles. The number of para-hydroxylation sites is 1. The minimum atomic E-state index is 0.533. The van der Waals surface area contributed by atoms with Gasteiger partial charge in [0, 0.05) is 22.6 Å². The van der Waals surface area contributed by atoms with Crippen LogP contribution in [0.2, 0.25) is 0 Å². The number of H-pyrrole nitrogens is 1. The van der Waals surface area contributed by atoms with Gasteiger partial charge >= 0.3 is 0 Å². The van der Waals surface area contributed by atoms with Gasteiger partial charge in [0.1, 0.15) is 0 Å². The number of aromatic amines is 1. The van der Waals surface area contributed by atoms with Crippen LogP contribution in [0.15, 0.2) is 24.3 Å². The van der Waals surface area contributed by atoms with Gasteiger partial charge in [-0.15, -0.1) is 0 Å². The Morgan fingerprint density at radius 2 is 1.62 bits per heavy atom. The van der Waals surface area contributed by atoms with E-state index in [1.165, 1.54) is 80.8 Å². The Balaban J connectivity index is 1.41. The van der Waals surface area contributed by atoms with Crippen molar-refractivity contribution in [3.05, 3.63) is 35.5 Å². The number of rotatable bonds is 10. The summed E-state index contributed by atoms with van der Waals surface area (Å²) >= 11 is 0. The van der Waals surface area contributed by atoms with E-state index in [9.17, 15) is 0 Å². The van der Waals surface area contributed by atoms with Crippen LogP contribution in [0.25, 0.3) is 10.9 Å². The monoisotopic (exact) mass is 326 g/mol. The van der Waals surface area contributed by atoms with Crippen LogP contribution in [0.1, 0.15) is 88.4 Å². The van der Waals surface area contributed by atoms with Crippen LogP contribution >= 0.6 is 0 Å². The Morgan fingerprint density at radius 3 is 2.42 bits per heavy atom. The molecule has 132 valence electrons. The lowest BCUT2D eigenvalue weighted by atomic mass is 9.95. The van der Waals surface area contributed by atoms with Crippen LogP contribution in [0.4, 0.5) is 0 Å². The number of fused-ring (bicyclic) bond motifs is 3. The standard InChI is InChI=1S/C22H34N2/c1-2-3-4-5-6-7-8-9-10-15-21-22-19(16-17-23-21)18-13-11-12-14-20(18)24-22/h11-14,21,23-24H,2-10,15-17H2,1H3/t21-/m0/s1. The second-order valence-electron chi connectivity index (χ2n) is 7.44. The van der Waals surface area contributed by atoms with E-state index >= 15 is 0 Å². The van der Waals surface area contributed by atoms with Crippen molar-refractivity contribution in [2.45, 2.75) is 83.6 Å². The first kappa shape index (κ1) is 17.5. The topological polar surface area (TPSA) is 27.8 Å². The molecule has 1 aliphatic rings. The molecule has 0 unspecified atom stereocenters. The van der Waals surface area contributed by atoms with E-state index in [0.29, 0.717) is 6.04 Å². The van der Waals surface area contributed by atoms with Gasteiger partial charge in [-0.05, 0) is 31.0 Å². The van der Waals surface area contributed by atoms with Crippen molar-refractivity contribution in [2.75, 3.05) is 6.54 Å². The lowest BCUT2D eigenvalue weighted by molar-refractivity contribution is 0.441. The van der Waals surface area contributed by atoms with Crippen molar-refractivity contribution < 1.29 is 0 Å². The molecule has 0 spiro atoms. The predicted molar refractivity (Wildman–Crippen MR) is 105 cm³/mol. The summed E-state index contributed by atoms with van der Waals surface area (Å²) in [4.78, 5) is 3.68. The summed E-state index contributed by atoms with van der Waals surface area (Å²) in [5.74, 6) is 0. The Labute approximate surface area is 147 Å². The van der Waals surface area contributed by atoms with Gasteiger partial charge in [-0.2, -0.15) is 0 Å². The predicted octanol–water partition coefficient (Wildman–Crippen LogP) is 6.28. The number of aromatic nitrogens is 1. The molecule has 0 aliphatic carbocycles. The Kier molecular flexibility index (Phi) is 6.77. The molecule has 0 saturated carbocycles. The second kappa shape index (κ2) is 9.27. The lowest BCUT2D eigenvalue weighted by Crippen LogP contribution is -2.29. The average Bonchev–Trinajstić information content (AvgIpc) is 3.00. The largest absolute Gasteiger partial charge is 0.357 e. The van der Waals surface area contributed by atoms with E-state index in [1.54, 1.807) is 5.56 Å². The van der Waals surface area contributed by atoms with Gasteiger partial charge in [0.2, 0.25) is 0 Å². The number of hydrogen-bond acceptors (Lipinski definition) is 1. The summed E-state index contributed by atoms with van der Waals surface area (Å²) in [6, 6.07) is 9.31. The van der Waals surface area contributed by atoms with Gasteiger partial charge in [-0.3, -0.25) is 0 Å². The minimum Gasteiger partial charge on any atom is -0.357 e. The van der Waals surface area contributed by atoms with E-state index in [1.807, 2.05) is 0 Å². The fourth-order valence-corrected chi connectivity index (χ4v) is 4.17. The molecule has 2 nitrogen and oxygen atoms in total. The highest BCUT2D eigenvalue weighted by Crippen LogP contribution is 2.32. The molecule has 0 saturated heterocycles. The SMILES string of the molecule is CCCCCCCCCCC[C@@H]1NCCc2c1[nH]c1ccccc21. The average molecular weight is 327 g/mol. The number of benzene rings is 1. The van der Waals surface area contributed by atoms with E-state index in [2.05, 4.69) is 41.5 Å². The highest BCUT2D eigenvalue weighted by molar-refractivity contribution is 5.85. The zero-order chi connectivity index (χ0) is 16.6. The van der Waals surface area contributed by atoms with Gasteiger partial charge in [-0.25, -0.2) is 0 Å². The van der Waals surface area contributed by atoms with Crippen LogP contribution in [-0.2, 0) is 6.42 Å². The van der Waals surface area contributed by atoms with E-state index in [0.717, 1.165) is 13.0 Å². The van der Waals surface area contributed by atoms with E-state index < -0.39 is 0 Å². The first-order chi connectivity index (χ1) is 11.9. The van der Waals surface area contributed by atoms with Crippen molar-refractivity contribution >= 4 is 10.9 Å². The fourth-order valence-electron chi connectivity index (χ4n) is 4.17. The third-order valence-corrected chi connectivity index (χ3v) is 5.56. The van der Waals surface area contributed by atoms with Crippen molar-refractivity contribution in [1.29, 1.82) is 0 Å². The molecule has 2 heterocycles. The maximum Gasteiger partial charge on any atom is 0.0476 e. The van der Waals surface area contributed by atoms with Gasteiger partial charge in [-0.1, -0.05) is 82.9 Å². The summed E-state index contributed by atoms with van der Waals surface area (Å²) < 4.78 is 0. The first-order valence-electron chi connectivity index (χ1n) is 10.2. The number of unbranched alkanes of at least 4 members (excludes halogenated alkanes) is 8. The van der Waals surface area contributed by atoms with Crippen LogP contribution < -0.4 is 5.32 Å². The highest BCUT2D eigenvalue weighted by atomic mass is 15.0. The van der Waals surface area contributed by atoms with Crippen molar-refractivity contribution in [3.8, 4) is 0 Å². The Morgan fingerprint density at radius 1 is 0.917 bits per heavy atom. The molecule has 0 radical (unpaired) electrons. The smallest absolute Gasteiger partial charge is 0.0476 e. The second-order valence-corrected chi connectivity index (χ2v) is 7.44. The molecule has 2 N–H and O–H groups in total. The van der Waals surface area contributed by atoms with Crippen molar-refractivity contribution in [1.82, 2.24) is 10.3 Å². The van der Waals surface area contributed by atoms with Gasteiger partial charge in [0.15, 0.2) is 0 Å². The summed E-state index contributed by atoms with van der Waals surface area (Å²) in [6.07, 6.45) is 15.1. The minimum absolute atomic E-state index is 0.533. The summed E-state index contributed by atoms with van der Waals surface area (Å²) in [6.45, 7) is 3.41. The molecule has 3 rings (SSSR count). The van der Waals surface area contributed by atoms with Crippen LogP contribution in [0, 0.1) is 0 Å². The molecule has 2 aromatic rings. The van der Waals surface area contributed by atoms with E-state index in [-0.39, 0.29) is 0 Å².